The third-order valence-corrected chi connectivity index (χ3v) is 3.80. The number of thiophene rings is 1. The number of hydrogen-bond acceptors (Lipinski definition) is 3. The summed E-state index contributed by atoms with van der Waals surface area (Å²) >= 11 is 1.88. The van der Waals surface area contributed by atoms with Crippen molar-refractivity contribution in [1.29, 1.82) is 0 Å². The van der Waals surface area contributed by atoms with Gasteiger partial charge in [0.15, 0.2) is 0 Å². The van der Waals surface area contributed by atoms with Crippen LogP contribution in [0.2, 0.25) is 0 Å². The number of aryl methyl sites for hydroxylation is 3. The first kappa shape index (κ1) is 12.3. The first-order valence-electron chi connectivity index (χ1n) is 5.98. The van der Waals surface area contributed by atoms with E-state index in [9.17, 15) is 0 Å². The van der Waals surface area contributed by atoms with Crippen LogP contribution in [0.1, 0.15) is 21.7 Å². The first-order chi connectivity index (χ1) is 8.25. The van der Waals surface area contributed by atoms with Gasteiger partial charge in [0.25, 0.3) is 0 Å². The van der Waals surface area contributed by atoms with E-state index >= 15 is 0 Å². The molecule has 0 amide bonds. The molecule has 0 aliphatic carbocycles. The Morgan fingerprint density at radius 2 is 2.29 bits per heavy atom. The Hall–Kier alpha value is -1.13. The van der Waals surface area contributed by atoms with Gasteiger partial charge in [0, 0.05) is 35.2 Å². The maximum atomic E-state index is 4.03. The molecule has 3 nitrogen and oxygen atoms in total. The zero-order valence-corrected chi connectivity index (χ0v) is 11.3. The molecule has 17 heavy (non-hydrogen) atoms. The van der Waals surface area contributed by atoms with Gasteiger partial charge in [-0.25, -0.2) is 4.98 Å². The molecule has 0 aromatic carbocycles. The molecule has 0 spiro atoms. The smallest absolute Gasteiger partial charge is 0.0945 e. The number of nitrogens with zero attached hydrogens (tertiary/aromatic N) is 2. The van der Waals surface area contributed by atoms with Gasteiger partial charge in [-0.2, -0.15) is 0 Å². The van der Waals surface area contributed by atoms with E-state index < -0.39 is 0 Å². The lowest BCUT2D eigenvalue weighted by Crippen LogP contribution is -2.16. The van der Waals surface area contributed by atoms with Crippen LogP contribution in [-0.4, -0.2) is 16.1 Å². The minimum atomic E-state index is 0.986. The Kier molecular flexibility index (Phi) is 4.34. The van der Waals surface area contributed by atoms with Gasteiger partial charge >= 0.3 is 0 Å². The number of imidazole rings is 1. The van der Waals surface area contributed by atoms with Crippen LogP contribution in [0.25, 0.3) is 0 Å². The highest BCUT2D eigenvalue weighted by atomic mass is 32.1. The molecule has 0 aliphatic heterocycles. The van der Waals surface area contributed by atoms with Crippen LogP contribution < -0.4 is 5.32 Å². The lowest BCUT2D eigenvalue weighted by Gasteiger charge is -2.05. The van der Waals surface area contributed by atoms with E-state index in [1.165, 1.54) is 15.3 Å². The predicted molar refractivity (Wildman–Crippen MR) is 72.3 cm³/mol. The zero-order valence-electron chi connectivity index (χ0n) is 10.4. The molecule has 4 heteroatoms. The van der Waals surface area contributed by atoms with E-state index in [1.54, 1.807) is 0 Å². The molecule has 0 atom stereocenters. The van der Waals surface area contributed by atoms with Gasteiger partial charge in [-0.1, -0.05) is 0 Å². The Bertz CT molecular complexity index is 445. The summed E-state index contributed by atoms with van der Waals surface area (Å²) in [5.74, 6) is 0. The van der Waals surface area contributed by atoms with E-state index in [-0.39, 0.29) is 0 Å². The molecule has 2 rings (SSSR count). The summed E-state index contributed by atoms with van der Waals surface area (Å²) in [5.41, 5.74) is 1.44. The van der Waals surface area contributed by atoms with Crippen LogP contribution in [0.3, 0.4) is 0 Å². The van der Waals surface area contributed by atoms with Gasteiger partial charge in [-0.3, -0.25) is 0 Å². The van der Waals surface area contributed by atoms with Crippen molar-refractivity contribution in [2.75, 3.05) is 6.54 Å². The molecule has 0 fully saturated rings. The minimum absolute atomic E-state index is 0.986. The van der Waals surface area contributed by atoms with Crippen molar-refractivity contribution in [3.63, 3.8) is 0 Å². The van der Waals surface area contributed by atoms with Gasteiger partial charge in [-0.05, 0) is 38.4 Å². The third kappa shape index (κ3) is 3.68. The molecule has 0 saturated heterocycles. The number of nitrogens with one attached hydrogen (secondary N) is 1. The topological polar surface area (TPSA) is 29.9 Å². The van der Waals surface area contributed by atoms with Crippen LogP contribution in [0.15, 0.2) is 24.8 Å². The summed E-state index contributed by atoms with van der Waals surface area (Å²) in [7, 11) is 0. The minimum Gasteiger partial charge on any atom is -0.337 e. The molecule has 0 radical (unpaired) electrons. The molecule has 0 aliphatic rings. The van der Waals surface area contributed by atoms with E-state index in [1.807, 2.05) is 30.1 Å². The fourth-order valence-electron chi connectivity index (χ4n) is 1.89. The Labute approximate surface area is 107 Å². The summed E-state index contributed by atoms with van der Waals surface area (Å²) in [6.45, 7) is 7.43. The largest absolute Gasteiger partial charge is 0.337 e. The third-order valence-electron chi connectivity index (χ3n) is 2.79. The second kappa shape index (κ2) is 5.98. The second-order valence-electron chi connectivity index (χ2n) is 4.27. The monoisotopic (exact) mass is 249 g/mol. The van der Waals surface area contributed by atoms with Gasteiger partial charge in [0.2, 0.25) is 0 Å². The van der Waals surface area contributed by atoms with Crippen LogP contribution in [0.4, 0.5) is 0 Å². The summed E-state index contributed by atoms with van der Waals surface area (Å²) in [6.07, 6.45) is 6.84. The van der Waals surface area contributed by atoms with Gasteiger partial charge in [0.1, 0.15) is 0 Å². The van der Waals surface area contributed by atoms with Crippen molar-refractivity contribution < 1.29 is 0 Å². The van der Waals surface area contributed by atoms with E-state index in [0.717, 1.165) is 26.1 Å². The molecular weight excluding hydrogens is 230 g/mol. The molecular formula is C13H19N3S. The van der Waals surface area contributed by atoms with E-state index in [4.69, 9.17) is 0 Å². The van der Waals surface area contributed by atoms with Gasteiger partial charge < -0.3 is 9.88 Å². The summed E-state index contributed by atoms with van der Waals surface area (Å²) in [4.78, 5) is 6.86. The SMILES string of the molecule is Cc1cc(CNCCCn2ccnc2)c(C)s1. The molecule has 2 heterocycles. The van der Waals surface area contributed by atoms with Crippen molar-refractivity contribution in [3.8, 4) is 0 Å². The number of hydrogen-bond donors (Lipinski definition) is 1. The average Bonchev–Trinajstić information content (AvgIpc) is 2.89. The van der Waals surface area contributed by atoms with E-state index in [2.05, 4.69) is 34.8 Å². The van der Waals surface area contributed by atoms with Crippen molar-refractivity contribution in [2.45, 2.75) is 33.4 Å². The van der Waals surface area contributed by atoms with Crippen molar-refractivity contribution in [2.24, 2.45) is 0 Å². The highest BCUT2D eigenvalue weighted by Crippen LogP contribution is 2.20. The molecule has 0 bridgehead atoms. The second-order valence-corrected chi connectivity index (χ2v) is 5.73. The first-order valence-corrected chi connectivity index (χ1v) is 6.80. The maximum absolute atomic E-state index is 4.03. The van der Waals surface area contributed by atoms with Gasteiger partial charge in [0.05, 0.1) is 6.33 Å². The van der Waals surface area contributed by atoms with Crippen LogP contribution in [0, 0.1) is 13.8 Å². The van der Waals surface area contributed by atoms with Crippen LogP contribution in [-0.2, 0) is 13.1 Å². The summed E-state index contributed by atoms with van der Waals surface area (Å²) < 4.78 is 2.11. The van der Waals surface area contributed by atoms with Crippen LogP contribution >= 0.6 is 11.3 Å². The zero-order chi connectivity index (χ0) is 12.1. The molecule has 2 aromatic rings. The van der Waals surface area contributed by atoms with Gasteiger partial charge in [-0.15, -0.1) is 11.3 Å². The fourth-order valence-corrected chi connectivity index (χ4v) is 2.83. The quantitative estimate of drug-likeness (QED) is 0.798. The lowest BCUT2D eigenvalue weighted by atomic mass is 10.2. The Morgan fingerprint density at radius 3 is 2.94 bits per heavy atom. The predicted octanol–water partition coefficient (Wildman–Crippen LogP) is 2.74. The molecule has 92 valence electrons. The maximum Gasteiger partial charge on any atom is 0.0945 e. The summed E-state index contributed by atoms with van der Waals surface area (Å²) in [5, 5.41) is 3.49. The summed E-state index contributed by atoms with van der Waals surface area (Å²) in [6, 6.07) is 2.28. The normalized spacial score (nSPS) is 10.9. The highest BCUT2D eigenvalue weighted by Gasteiger charge is 2.01. The molecule has 0 saturated carbocycles. The fraction of sp³-hybridized carbons (Fsp3) is 0.462. The highest BCUT2D eigenvalue weighted by molar-refractivity contribution is 7.12. The van der Waals surface area contributed by atoms with Crippen molar-refractivity contribution in [3.05, 3.63) is 40.1 Å². The standard InChI is InChI=1S/C13H19N3S/c1-11-8-13(12(2)17-11)9-14-4-3-6-16-7-5-15-10-16/h5,7-8,10,14H,3-4,6,9H2,1-2H3. The number of aromatic nitrogens is 2. The molecule has 0 unspecified atom stereocenters. The molecule has 1 N–H and O–H groups in total. The Balaban J connectivity index is 1.65. The van der Waals surface area contributed by atoms with E-state index in [0.29, 0.717) is 0 Å². The lowest BCUT2D eigenvalue weighted by molar-refractivity contribution is 0.580. The van der Waals surface area contributed by atoms with Crippen molar-refractivity contribution in [1.82, 2.24) is 14.9 Å². The Morgan fingerprint density at radius 1 is 1.41 bits per heavy atom. The average molecular weight is 249 g/mol. The van der Waals surface area contributed by atoms with Crippen molar-refractivity contribution >= 4 is 11.3 Å². The molecule has 2 aromatic heterocycles. The van der Waals surface area contributed by atoms with Crippen LogP contribution in [0.5, 0.6) is 0 Å². The number of rotatable bonds is 6.